The lowest BCUT2D eigenvalue weighted by Crippen LogP contribution is -2.40. The summed E-state index contributed by atoms with van der Waals surface area (Å²) in [4.78, 5) is 21.2. The summed E-state index contributed by atoms with van der Waals surface area (Å²) in [6, 6.07) is 8.07. The molecule has 192 valence electrons. The second-order valence-corrected chi connectivity index (χ2v) is 10.9. The van der Waals surface area contributed by atoms with Gasteiger partial charge in [0, 0.05) is 43.4 Å². The van der Waals surface area contributed by atoms with Crippen molar-refractivity contribution in [3.63, 3.8) is 0 Å². The fraction of sp³-hybridized carbons (Fsp3) is 0.517. The number of hydrogen-bond acceptors (Lipinski definition) is 5. The summed E-state index contributed by atoms with van der Waals surface area (Å²) in [5.41, 5.74) is 1.94. The lowest BCUT2D eigenvalue weighted by atomic mass is 9.70. The fourth-order valence-corrected chi connectivity index (χ4v) is 5.59. The molecule has 36 heavy (non-hydrogen) atoms. The van der Waals surface area contributed by atoms with Gasteiger partial charge in [-0.05, 0) is 67.5 Å². The van der Waals surface area contributed by atoms with E-state index in [-0.39, 0.29) is 24.1 Å². The van der Waals surface area contributed by atoms with Gasteiger partial charge < -0.3 is 19.6 Å². The Kier molecular flexibility index (Phi) is 7.28. The van der Waals surface area contributed by atoms with Gasteiger partial charge in [0.25, 0.3) is 5.91 Å². The molecule has 2 atom stereocenters. The molecule has 0 spiro atoms. The highest BCUT2D eigenvalue weighted by Crippen LogP contribution is 2.41. The number of hydrogen-bond donors (Lipinski definition) is 1. The Morgan fingerprint density at radius 2 is 2.00 bits per heavy atom. The molecule has 1 N–H and O–H groups in total. The molecule has 3 heterocycles. The molecule has 1 saturated carbocycles. The molecule has 0 bridgehead atoms. The van der Waals surface area contributed by atoms with Crippen LogP contribution >= 0.6 is 0 Å². The van der Waals surface area contributed by atoms with Crippen LogP contribution in [-0.4, -0.2) is 64.7 Å². The Bertz CT molecular complexity index is 1100. The van der Waals surface area contributed by atoms with E-state index in [4.69, 9.17) is 4.74 Å². The number of amides is 1. The molecule has 1 amide bonds. The van der Waals surface area contributed by atoms with E-state index >= 15 is 0 Å². The molecule has 1 aliphatic carbocycles. The molecular weight excluding hydrogens is 457 g/mol. The van der Waals surface area contributed by atoms with Crippen LogP contribution in [0.4, 0.5) is 4.39 Å². The average Bonchev–Trinajstić information content (AvgIpc) is 3.36. The topological polar surface area (TPSA) is 65.9 Å². The van der Waals surface area contributed by atoms with Gasteiger partial charge in [-0.25, -0.2) is 9.37 Å². The van der Waals surface area contributed by atoms with E-state index in [0.29, 0.717) is 35.9 Å². The Morgan fingerprint density at radius 1 is 1.17 bits per heavy atom. The Labute approximate surface area is 212 Å². The maximum Gasteiger partial charge on any atom is 0.257 e. The van der Waals surface area contributed by atoms with E-state index in [2.05, 4.69) is 29.1 Å². The molecular formula is C29H36FN3O3. The highest BCUT2D eigenvalue weighted by atomic mass is 19.1. The average molecular weight is 494 g/mol. The number of benzene rings is 1. The number of aliphatic hydroxyl groups excluding tert-OH is 1. The summed E-state index contributed by atoms with van der Waals surface area (Å²) in [5, 5.41) is 9.48. The molecule has 2 unspecified atom stereocenters. The van der Waals surface area contributed by atoms with Crippen LogP contribution in [-0.2, 0) is 0 Å². The Morgan fingerprint density at radius 3 is 2.64 bits per heavy atom. The van der Waals surface area contributed by atoms with Crippen molar-refractivity contribution in [3.05, 3.63) is 60.2 Å². The molecule has 2 aromatic rings. The molecule has 7 heteroatoms. The minimum absolute atomic E-state index is 0.0351. The van der Waals surface area contributed by atoms with Crippen LogP contribution in [0.1, 0.15) is 55.8 Å². The summed E-state index contributed by atoms with van der Waals surface area (Å²) >= 11 is 0. The molecule has 5 rings (SSSR count). The first-order chi connectivity index (χ1) is 17.4. The summed E-state index contributed by atoms with van der Waals surface area (Å²) in [6.45, 7) is 5.64. The van der Waals surface area contributed by atoms with Gasteiger partial charge in [-0.3, -0.25) is 4.79 Å². The second kappa shape index (κ2) is 10.6. The number of carbonyl (C=O) groups is 1. The number of aromatic nitrogens is 1. The third-order valence-electron chi connectivity index (χ3n) is 8.06. The maximum atomic E-state index is 14.9. The number of aliphatic hydroxyl groups is 1. The van der Waals surface area contributed by atoms with Gasteiger partial charge in [0.15, 0.2) is 0 Å². The first kappa shape index (κ1) is 24.8. The van der Waals surface area contributed by atoms with Crippen LogP contribution in [0.25, 0.3) is 11.1 Å². The number of ether oxygens (including phenoxy) is 1. The minimum atomic E-state index is -0.564. The lowest BCUT2D eigenvalue weighted by molar-refractivity contribution is 0.0673. The molecule has 0 radical (unpaired) electrons. The summed E-state index contributed by atoms with van der Waals surface area (Å²) < 4.78 is 20.8. The molecule has 1 aromatic carbocycles. The second-order valence-electron chi connectivity index (χ2n) is 10.9. The molecule has 1 aromatic heterocycles. The zero-order chi connectivity index (χ0) is 25.1. The van der Waals surface area contributed by atoms with Crippen molar-refractivity contribution in [2.75, 3.05) is 32.8 Å². The maximum absolute atomic E-state index is 14.9. The summed E-state index contributed by atoms with van der Waals surface area (Å²) in [6.07, 6.45) is 12.8. The molecule has 2 aliphatic heterocycles. The highest BCUT2D eigenvalue weighted by molar-refractivity contribution is 5.95. The van der Waals surface area contributed by atoms with E-state index in [1.165, 1.54) is 31.4 Å². The Balaban J connectivity index is 1.15. The number of likely N-dealkylation sites (tertiary alicyclic amines) is 1. The van der Waals surface area contributed by atoms with E-state index in [0.717, 1.165) is 37.9 Å². The fourth-order valence-electron chi connectivity index (χ4n) is 5.59. The van der Waals surface area contributed by atoms with Gasteiger partial charge >= 0.3 is 0 Å². The summed E-state index contributed by atoms with van der Waals surface area (Å²) in [5.74, 6) is -0.00881. The van der Waals surface area contributed by atoms with E-state index in [1.807, 2.05) is 6.07 Å². The summed E-state index contributed by atoms with van der Waals surface area (Å²) in [7, 11) is 0. The predicted octanol–water partition coefficient (Wildman–Crippen LogP) is 4.89. The third kappa shape index (κ3) is 5.41. The van der Waals surface area contributed by atoms with Crippen molar-refractivity contribution >= 4 is 5.91 Å². The van der Waals surface area contributed by atoms with Crippen LogP contribution in [0.2, 0.25) is 0 Å². The SMILES string of the molecule is CC1(CN2C=CC(COc3ccc(-c4ccc(C(=O)N5CCCC5CO)c(F)c4)cn3)CC2)CCC1. The highest BCUT2D eigenvalue weighted by Gasteiger charge is 2.33. The molecule has 3 aliphatic rings. The van der Waals surface area contributed by atoms with Crippen LogP contribution in [0, 0.1) is 17.2 Å². The number of carbonyl (C=O) groups excluding carboxylic acids is 1. The molecule has 1 saturated heterocycles. The standard InChI is InChI=1S/C29H36FN3O3/c1-29(11-3-12-29)20-32-14-9-21(10-15-32)19-36-27-8-6-23(17-31-27)22-5-7-25(26(30)16-22)28(35)33-13-2-4-24(33)18-34/h5-9,14,16-17,21,24,34H,2-4,10-13,15,18-20H2,1H3. The molecule has 6 nitrogen and oxygen atoms in total. The van der Waals surface area contributed by atoms with E-state index in [9.17, 15) is 14.3 Å². The largest absolute Gasteiger partial charge is 0.477 e. The van der Waals surface area contributed by atoms with Crippen molar-refractivity contribution in [3.8, 4) is 17.0 Å². The number of nitrogens with zero attached hydrogens (tertiary/aromatic N) is 3. The quantitative estimate of drug-likeness (QED) is 0.567. The van der Waals surface area contributed by atoms with Crippen molar-refractivity contribution in [1.82, 2.24) is 14.8 Å². The van der Waals surface area contributed by atoms with Crippen LogP contribution in [0.5, 0.6) is 5.88 Å². The zero-order valence-corrected chi connectivity index (χ0v) is 21.0. The minimum Gasteiger partial charge on any atom is -0.477 e. The van der Waals surface area contributed by atoms with Crippen molar-refractivity contribution in [2.24, 2.45) is 11.3 Å². The predicted molar refractivity (Wildman–Crippen MR) is 137 cm³/mol. The van der Waals surface area contributed by atoms with Crippen LogP contribution in [0.3, 0.4) is 0 Å². The van der Waals surface area contributed by atoms with Gasteiger partial charge in [-0.1, -0.05) is 25.5 Å². The third-order valence-corrected chi connectivity index (χ3v) is 8.06. The monoisotopic (exact) mass is 493 g/mol. The van der Waals surface area contributed by atoms with Crippen molar-refractivity contribution in [1.29, 1.82) is 0 Å². The Hall–Kier alpha value is -2.93. The van der Waals surface area contributed by atoms with E-state index < -0.39 is 5.82 Å². The van der Waals surface area contributed by atoms with Crippen molar-refractivity contribution in [2.45, 2.75) is 51.5 Å². The number of pyridine rings is 1. The van der Waals surface area contributed by atoms with Gasteiger partial charge in [0.05, 0.1) is 24.8 Å². The first-order valence-corrected chi connectivity index (χ1v) is 13.2. The normalized spacial score (nSPS) is 23.0. The smallest absolute Gasteiger partial charge is 0.257 e. The van der Waals surface area contributed by atoms with Gasteiger partial charge in [-0.2, -0.15) is 0 Å². The van der Waals surface area contributed by atoms with Crippen LogP contribution in [0.15, 0.2) is 48.8 Å². The zero-order valence-electron chi connectivity index (χ0n) is 21.0. The number of halogens is 1. The van der Waals surface area contributed by atoms with Crippen LogP contribution < -0.4 is 4.74 Å². The first-order valence-electron chi connectivity index (χ1n) is 13.2. The van der Waals surface area contributed by atoms with Gasteiger partial charge in [-0.15, -0.1) is 0 Å². The van der Waals surface area contributed by atoms with Gasteiger partial charge in [0.1, 0.15) is 5.82 Å². The lowest BCUT2D eigenvalue weighted by Gasteiger charge is -2.43. The van der Waals surface area contributed by atoms with E-state index in [1.54, 1.807) is 23.2 Å². The molecule has 2 fully saturated rings. The van der Waals surface area contributed by atoms with Crippen molar-refractivity contribution < 1.29 is 19.0 Å². The number of rotatable bonds is 8. The van der Waals surface area contributed by atoms with Gasteiger partial charge in [0.2, 0.25) is 5.88 Å².